The van der Waals surface area contributed by atoms with Crippen molar-refractivity contribution in [3.63, 3.8) is 0 Å². The monoisotopic (exact) mass is 891 g/mol. The fourth-order valence-electron chi connectivity index (χ4n) is 9.75. The molecule has 9 nitrogen and oxygen atoms in total. The van der Waals surface area contributed by atoms with Crippen LogP contribution in [0.2, 0.25) is 0 Å². The fraction of sp³-hybridized carbons (Fsp3) is 0.509. The third-order valence-corrected chi connectivity index (χ3v) is 13.9. The van der Waals surface area contributed by atoms with E-state index in [4.69, 9.17) is 29.7 Å². The van der Waals surface area contributed by atoms with Crippen LogP contribution >= 0.6 is 0 Å². The number of carbonyl (C=O) groups is 3. The van der Waals surface area contributed by atoms with Crippen molar-refractivity contribution in [2.75, 3.05) is 13.7 Å². The van der Waals surface area contributed by atoms with Crippen LogP contribution in [0.15, 0.2) is 41.3 Å². The van der Waals surface area contributed by atoms with E-state index in [1.165, 1.54) is 43.9 Å². The van der Waals surface area contributed by atoms with Crippen molar-refractivity contribution in [1.29, 1.82) is 0 Å². The molecule has 8 bridgehead atoms. The first kappa shape index (κ1) is 51.4. The molecule has 1 saturated heterocycles. The maximum atomic E-state index is 14.4. The molecule has 10 heteroatoms. The van der Waals surface area contributed by atoms with E-state index < -0.39 is 11.9 Å². The predicted octanol–water partition coefficient (Wildman–Crippen LogP) is 10.3. The van der Waals surface area contributed by atoms with Crippen LogP contribution in [0.4, 0.5) is 0 Å². The number of Topliss-reactive ketones (excluding diaryl/α,β-unsaturated/α-hetero) is 1. The number of allylic oxidation sites excluding steroid dienone is 5. The molecule has 2 aliphatic heterocycles. The number of carbonyl (C=O) groups excluding carboxylic acids is 3. The summed E-state index contributed by atoms with van der Waals surface area (Å²) in [5, 5.41) is 6.83. The molecule has 0 spiro atoms. The van der Waals surface area contributed by atoms with Gasteiger partial charge in [-0.3, -0.25) is 14.4 Å². The Kier molecular flexibility index (Phi) is 18.0. The summed E-state index contributed by atoms with van der Waals surface area (Å²) in [4.78, 5) is 56.6. The summed E-state index contributed by atoms with van der Waals surface area (Å²) in [6.07, 6.45) is 22.9. The molecule has 5 heterocycles. The van der Waals surface area contributed by atoms with Gasteiger partial charge in [0.1, 0.15) is 12.5 Å². The van der Waals surface area contributed by atoms with Crippen LogP contribution in [-0.2, 0) is 25.5 Å². The second-order valence-electron chi connectivity index (χ2n) is 19.0. The van der Waals surface area contributed by atoms with Crippen LogP contribution in [0.3, 0.4) is 0 Å². The van der Waals surface area contributed by atoms with E-state index in [-0.39, 0.29) is 59.7 Å². The second-order valence-corrected chi connectivity index (χ2v) is 19.0. The van der Waals surface area contributed by atoms with E-state index in [1.807, 2.05) is 44.2 Å². The van der Waals surface area contributed by atoms with Gasteiger partial charge in [0.2, 0.25) is 0 Å². The molecule has 0 saturated carbocycles. The molecule has 3 aromatic heterocycles. The summed E-state index contributed by atoms with van der Waals surface area (Å²) in [5.74, 6) is -1.51. The molecule has 0 amide bonds. The van der Waals surface area contributed by atoms with Gasteiger partial charge in [-0.2, -0.15) is 11.4 Å². The normalized spacial score (nSPS) is 21.4. The zero-order chi connectivity index (χ0) is 46.4. The molecular formula is C55H70MgN4O5-2. The van der Waals surface area contributed by atoms with Crippen molar-refractivity contribution in [2.45, 2.75) is 140 Å². The van der Waals surface area contributed by atoms with Gasteiger partial charge in [-0.1, -0.05) is 130 Å². The molecule has 0 N–H and O–H groups in total. The average molecular weight is 891 g/mol. The maximum Gasteiger partial charge on any atom is 2.00 e. The minimum atomic E-state index is -1.22. The predicted molar refractivity (Wildman–Crippen MR) is 264 cm³/mol. The molecule has 344 valence electrons. The summed E-state index contributed by atoms with van der Waals surface area (Å²) >= 11 is 0. The van der Waals surface area contributed by atoms with Gasteiger partial charge in [0.25, 0.3) is 0 Å². The number of hydrogen-bond acceptors (Lipinski definition) is 5. The first-order chi connectivity index (χ1) is 30.6. The van der Waals surface area contributed by atoms with Gasteiger partial charge in [0.15, 0.2) is 5.78 Å². The number of fused-ring (bicyclic) bond motifs is 7. The molecule has 0 radical (unpaired) electrons. The van der Waals surface area contributed by atoms with E-state index in [2.05, 4.69) is 68.0 Å². The van der Waals surface area contributed by atoms with Crippen molar-refractivity contribution in [3.05, 3.63) is 113 Å². The third-order valence-electron chi connectivity index (χ3n) is 13.9. The van der Waals surface area contributed by atoms with E-state index in [0.29, 0.717) is 40.2 Å². The zero-order valence-corrected chi connectivity index (χ0v) is 42.5. The Morgan fingerprint density at radius 3 is 2.22 bits per heavy atom. The Labute approximate surface area is 404 Å². The summed E-state index contributed by atoms with van der Waals surface area (Å²) in [6.45, 7) is 25.8. The van der Waals surface area contributed by atoms with E-state index in [0.717, 1.165) is 94.0 Å². The number of methoxy groups -OCH3 is 1. The van der Waals surface area contributed by atoms with Crippen LogP contribution < -0.4 is 25.7 Å². The van der Waals surface area contributed by atoms with Crippen LogP contribution in [-0.4, -0.2) is 54.5 Å². The number of nitrogens with zero attached hydrogens (tertiary/aromatic N) is 4. The van der Waals surface area contributed by atoms with E-state index in [9.17, 15) is 14.4 Å². The standard InChI is InChI=1S/C55H71N4O5.Mg/c1-13-39-35(8)42-28-44-37(10)41(24-25-48(60)64-27-26-34(7)23-17-22-33(6)21-16-20-32(5)19-15-18-31(3)4)52(58-44)50-51(55(62)63-12)54(61)49-38(11)45(59-53(49)50)30-47-40(14-2)36(9)43(57-47)29-46(39)56-42;/h13,21,26,28-32,37,41,51H,1,14-20,22-25,27H2,2-12H3,(H-,58,59,61);/q-3;+2/p-1/b33-21-,34-26+,43-29-,44-28-,47-30-;/t32-,37+,41+,51-;/m1./s1. The Balaban J connectivity index is 0.00000793. The number of esters is 2. The van der Waals surface area contributed by atoms with Crippen molar-refractivity contribution in [3.8, 4) is 0 Å². The smallest absolute Gasteiger partial charge is 0.664 e. The molecule has 1 fully saturated rings. The molecule has 65 heavy (non-hydrogen) atoms. The van der Waals surface area contributed by atoms with Crippen molar-refractivity contribution in [2.24, 2.45) is 29.6 Å². The van der Waals surface area contributed by atoms with Gasteiger partial charge in [-0.05, 0) is 115 Å². The fourth-order valence-corrected chi connectivity index (χ4v) is 9.75. The Morgan fingerprint density at radius 2 is 1.54 bits per heavy atom. The third kappa shape index (κ3) is 11.5. The van der Waals surface area contributed by atoms with Crippen molar-refractivity contribution < 1.29 is 23.9 Å². The summed E-state index contributed by atoms with van der Waals surface area (Å²) in [6, 6.07) is 0. The van der Waals surface area contributed by atoms with Gasteiger partial charge in [-0.15, -0.1) is 33.5 Å². The van der Waals surface area contributed by atoms with Gasteiger partial charge >= 0.3 is 35.0 Å². The van der Waals surface area contributed by atoms with Gasteiger partial charge in [0.05, 0.1) is 7.11 Å². The summed E-state index contributed by atoms with van der Waals surface area (Å²) in [7, 11) is 1.29. The minimum absolute atomic E-state index is 0. The number of ketones is 1. The van der Waals surface area contributed by atoms with Crippen LogP contribution in [0.1, 0.15) is 174 Å². The molecule has 6 rings (SSSR count). The van der Waals surface area contributed by atoms with E-state index in [1.54, 1.807) is 0 Å². The average Bonchev–Trinajstić information content (AvgIpc) is 3.99. The minimum Gasteiger partial charge on any atom is -0.664 e. The molecule has 0 aromatic carbocycles. The van der Waals surface area contributed by atoms with Crippen LogP contribution in [0.5, 0.6) is 0 Å². The summed E-state index contributed by atoms with van der Waals surface area (Å²) in [5.41, 5.74) is 12.1. The number of rotatable bonds is 19. The quantitative estimate of drug-likeness (QED) is 0.0504. The molecule has 3 aromatic rings. The Bertz CT molecular complexity index is 2520. The molecular weight excluding hydrogens is 821 g/mol. The zero-order valence-electron chi connectivity index (χ0n) is 41.1. The van der Waals surface area contributed by atoms with Crippen LogP contribution in [0.25, 0.3) is 35.2 Å². The molecule has 1 aliphatic carbocycles. The number of hydrogen-bond donors (Lipinski definition) is 0. The van der Waals surface area contributed by atoms with Gasteiger partial charge in [-0.25, -0.2) is 0 Å². The van der Waals surface area contributed by atoms with Gasteiger partial charge < -0.3 is 29.7 Å². The first-order valence-electron chi connectivity index (χ1n) is 23.7. The van der Waals surface area contributed by atoms with E-state index >= 15 is 0 Å². The Morgan fingerprint density at radius 1 is 0.846 bits per heavy atom. The van der Waals surface area contributed by atoms with Gasteiger partial charge in [0, 0.05) is 12.0 Å². The molecule has 0 unspecified atom stereocenters. The number of ether oxygens (including phenoxy) is 2. The van der Waals surface area contributed by atoms with Crippen molar-refractivity contribution in [1.82, 2.24) is 15.0 Å². The largest absolute Gasteiger partial charge is 2.00 e. The topological polar surface area (TPSA) is 126 Å². The molecule has 3 aliphatic rings. The van der Waals surface area contributed by atoms with Crippen LogP contribution in [0, 0.1) is 50.4 Å². The summed E-state index contributed by atoms with van der Waals surface area (Å²) < 4.78 is 11.0. The van der Waals surface area contributed by atoms with Crippen molar-refractivity contribution >= 4 is 70.7 Å². The number of aromatic nitrogens is 3. The molecule has 4 atom stereocenters. The Hall–Kier alpha value is -4.54. The second kappa shape index (κ2) is 22.8. The SMILES string of the molecule is C=Cc1c2[n-]c(c1C)/C=C1\[N-]/C(=C3\c4[n-]c(c(C)c4C(=O)[C@@H]3C(=O)OC)/C=c3\[n-]/c(c(C)c3CC)=C\2)[C@@H](CCC(=O)OC/C=C(\C)CCC/C(C)=C\CC[C@H](C)CCCC(C)C)[C@@H]1C.[Mg+2]. The first-order valence-corrected chi connectivity index (χ1v) is 23.7. The maximum absolute atomic E-state index is 14.4.